The lowest BCUT2D eigenvalue weighted by atomic mass is 9.92. The third-order valence-electron chi connectivity index (χ3n) is 3.79. The van der Waals surface area contributed by atoms with E-state index in [1.165, 1.54) is 0 Å². The lowest BCUT2D eigenvalue weighted by Gasteiger charge is -2.31. The molecule has 2 heterocycles. The zero-order valence-corrected chi connectivity index (χ0v) is 11.0. The normalized spacial score (nSPS) is 30.9. The number of nitrogens with one attached hydrogen (secondary N) is 2. The first kappa shape index (κ1) is 12.8. The molecular formula is C13H25N3O. The Morgan fingerprint density at radius 3 is 2.71 bits per heavy atom. The second kappa shape index (κ2) is 5.83. The maximum atomic E-state index is 11.5. The van der Waals surface area contributed by atoms with Crippen LogP contribution in [0, 0.1) is 11.8 Å². The van der Waals surface area contributed by atoms with Gasteiger partial charge >= 0.3 is 0 Å². The average molecular weight is 239 g/mol. The summed E-state index contributed by atoms with van der Waals surface area (Å²) in [4.78, 5) is 14.0. The first-order valence-electron chi connectivity index (χ1n) is 6.87. The fourth-order valence-electron chi connectivity index (χ4n) is 2.94. The summed E-state index contributed by atoms with van der Waals surface area (Å²) >= 11 is 0. The van der Waals surface area contributed by atoms with E-state index in [9.17, 15) is 4.79 Å². The van der Waals surface area contributed by atoms with Gasteiger partial charge in [-0.3, -0.25) is 4.79 Å². The van der Waals surface area contributed by atoms with Crippen molar-refractivity contribution in [3.8, 4) is 0 Å². The second-order valence-electron chi connectivity index (χ2n) is 5.82. The van der Waals surface area contributed by atoms with Crippen molar-refractivity contribution >= 4 is 5.91 Å². The van der Waals surface area contributed by atoms with E-state index in [4.69, 9.17) is 0 Å². The van der Waals surface area contributed by atoms with Crippen LogP contribution in [0.3, 0.4) is 0 Å². The molecule has 98 valence electrons. The molecule has 0 aromatic heterocycles. The van der Waals surface area contributed by atoms with Gasteiger partial charge in [0.05, 0.1) is 0 Å². The van der Waals surface area contributed by atoms with Gasteiger partial charge in [0.1, 0.15) is 0 Å². The van der Waals surface area contributed by atoms with E-state index < -0.39 is 0 Å². The molecule has 2 N–H and O–H groups in total. The Hall–Kier alpha value is -0.610. The SMILES string of the molecule is CC(C)C[C@H]1NC(=O)C[C@@H]1CN1CCNCC1. The number of rotatable bonds is 4. The van der Waals surface area contributed by atoms with Crippen LogP contribution in [0.2, 0.25) is 0 Å². The summed E-state index contributed by atoms with van der Waals surface area (Å²) in [5.41, 5.74) is 0. The fraction of sp³-hybridized carbons (Fsp3) is 0.923. The van der Waals surface area contributed by atoms with E-state index in [1.807, 2.05) is 0 Å². The molecule has 2 aliphatic rings. The Labute approximate surface area is 104 Å². The smallest absolute Gasteiger partial charge is 0.220 e. The molecule has 4 heteroatoms. The zero-order valence-electron chi connectivity index (χ0n) is 11.0. The number of nitrogens with zero attached hydrogens (tertiary/aromatic N) is 1. The van der Waals surface area contributed by atoms with E-state index in [-0.39, 0.29) is 5.91 Å². The quantitative estimate of drug-likeness (QED) is 0.748. The lowest BCUT2D eigenvalue weighted by molar-refractivity contribution is -0.119. The van der Waals surface area contributed by atoms with E-state index >= 15 is 0 Å². The highest BCUT2D eigenvalue weighted by atomic mass is 16.2. The summed E-state index contributed by atoms with van der Waals surface area (Å²) in [6.07, 6.45) is 1.84. The molecule has 0 spiro atoms. The molecule has 2 fully saturated rings. The number of hydrogen-bond donors (Lipinski definition) is 2. The zero-order chi connectivity index (χ0) is 12.3. The minimum Gasteiger partial charge on any atom is -0.353 e. The Morgan fingerprint density at radius 2 is 2.06 bits per heavy atom. The van der Waals surface area contributed by atoms with Gasteiger partial charge in [0, 0.05) is 51.1 Å². The van der Waals surface area contributed by atoms with Crippen LogP contribution >= 0.6 is 0 Å². The monoisotopic (exact) mass is 239 g/mol. The second-order valence-corrected chi connectivity index (χ2v) is 5.82. The van der Waals surface area contributed by atoms with Crippen molar-refractivity contribution in [2.24, 2.45) is 11.8 Å². The van der Waals surface area contributed by atoms with Crippen LogP contribution < -0.4 is 10.6 Å². The summed E-state index contributed by atoms with van der Waals surface area (Å²) in [6, 6.07) is 0.400. The molecule has 0 aliphatic carbocycles. The van der Waals surface area contributed by atoms with Gasteiger partial charge in [-0.2, -0.15) is 0 Å². The predicted octanol–water partition coefficient (Wildman–Crippen LogP) is 0.442. The van der Waals surface area contributed by atoms with Crippen molar-refractivity contribution in [2.45, 2.75) is 32.7 Å². The number of hydrogen-bond acceptors (Lipinski definition) is 3. The highest BCUT2D eigenvalue weighted by Gasteiger charge is 2.33. The fourth-order valence-corrected chi connectivity index (χ4v) is 2.94. The number of amides is 1. The molecule has 17 heavy (non-hydrogen) atoms. The van der Waals surface area contributed by atoms with E-state index in [1.54, 1.807) is 0 Å². The maximum Gasteiger partial charge on any atom is 0.220 e. The van der Waals surface area contributed by atoms with Crippen LogP contribution in [0.4, 0.5) is 0 Å². The summed E-state index contributed by atoms with van der Waals surface area (Å²) in [7, 11) is 0. The van der Waals surface area contributed by atoms with Crippen LogP contribution in [0.1, 0.15) is 26.7 Å². The number of piperazine rings is 1. The van der Waals surface area contributed by atoms with Crippen molar-refractivity contribution in [3.05, 3.63) is 0 Å². The molecule has 0 bridgehead atoms. The Kier molecular flexibility index (Phi) is 4.40. The molecule has 4 nitrogen and oxygen atoms in total. The standard InChI is InChI=1S/C13H25N3O/c1-10(2)7-12-11(8-13(17)15-12)9-16-5-3-14-4-6-16/h10-12,14H,3-9H2,1-2H3,(H,15,17)/t11-,12-/m1/s1. The van der Waals surface area contributed by atoms with Crippen molar-refractivity contribution in [3.63, 3.8) is 0 Å². The maximum absolute atomic E-state index is 11.5. The number of carbonyl (C=O) groups excluding carboxylic acids is 1. The van der Waals surface area contributed by atoms with Gasteiger partial charge in [-0.1, -0.05) is 13.8 Å². The molecule has 2 aliphatic heterocycles. The van der Waals surface area contributed by atoms with Crippen molar-refractivity contribution in [1.82, 2.24) is 15.5 Å². The molecule has 0 aromatic carbocycles. The average Bonchev–Trinajstić information content (AvgIpc) is 2.59. The Bertz CT molecular complexity index is 261. The van der Waals surface area contributed by atoms with Gasteiger partial charge in [-0.15, -0.1) is 0 Å². The number of carbonyl (C=O) groups is 1. The highest BCUT2D eigenvalue weighted by Crippen LogP contribution is 2.23. The van der Waals surface area contributed by atoms with Crippen molar-refractivity contribution < 1.29 is 4.79 Å². The molecule has 0 unspecified atom stereocenters. The van der Waals surface area contributed by atoms with Gasteiger partial charge < -0.3 is 15.5 Å². The molecular weight excluding hydrogens is 214 g/mol. The summed E-state index contributed by atoms with van der Waals surface area (Å²) < 4.78 is 0. The van der Waals surface area contributed by atoms with E-state index in [2.05, 4.69) is 29.4 Å². The first-order valence-corrected chi connectivity index (χ1v) is 6.87. The van der Waals surface area contributed by atoms with Crippen LogP contribution in [0.5, 0.6) is 0 Å². The minimum absolute atomic E-state index is 0.246. The van der Waals surface area contributed by atoms with Gasteiger partial charge in [0.2, 0.25) is 5.91 Å². The van der Waals surface area contributed by atoms with E-state index in [0.717, 1.165) is 45.6 Å². The molecule has 0 aromatic rings. The Balaban J connectivity index is 1.86. The van der Waals surface area contributed by atoms with Gasteiger partial charge in [0.25, 0.3) is 0 Å². The van der Waals surface area contributed by atoms with Gasteiger partial charge in [-0.25, -0.2) is 0 Å². The predicted molar refractivity (Wildman–Crippen MR) is 68.8 cm³/mol. The topological polar surface area (TPSA) is 44.4 Å². The summed E-state index contributed by atoms with van der Waals surface area (Å²) in [5.74, 6) is 1.42. The third kappa shape index (κ3) is 3.68. The van der Waals surface area contributed by atoms with Crippen LogP contribution in [-0.4, -0.2) is 49.6 Å². The van der Waals surface area contributed by atoms with Crippen LogP contribution in [0.25, 0.3) is 0 Å². The minimum atomic E-state index is 0.246. The largest absolute Gasteiger partial charge is 0.353 e. The Morgan fingerprint density at radius 1 is 1.35 bits per heavy atom. The third-order valence-corrected chi connectivity index (χ3v) is 3.79. The van der Waals surface area contributed by atoms with Gasteiger partial charge in [0.15, 0.2) is 0 Å². The highest BCUT2D eigenvalue weighted by molar-refractivity contribution is 5.79. The van der Waals surface area contributed by atoms with Crippen molar-refractivity contribution in [2.75, 3.05) is 32.7 Å². The van der Waals surface area contributed by atoms with Crippen LogP contribution in [0.15, 0.2) is 0 Å². The summed E-state index contributed by atoms with van der Waals surface area (Å²) in [6.45, 7) is 9.96. The molecule has 2 saturated heterocycles. The molecule has 1 amide bonds. The van der Waals surface area contributed by atoms with Crippen LogP contribution in [-0.2, 0) is 4.79 Å². The summed E-state index contributed by atoms with van der Waals surface area (Å²) in [5, 5.41) is 6.51. The van der Waals surface area contributed by atoms with Crippen molar-refractivity contribution in [1.29, 1.82) is 0 Å². The molecule has 2 rings (SSSR count). The van der Waals surface area contributed by atoms with Gasteiger partial charge in [-0.05, 0) is 12.3 Å². The molecule has 0 radical (unpaired) electrons. The molecule has 0 saturated carbocycles. The first-order chi connectivity index (χ1) is 8.15. The lowest BCUT2D eigenvalue weighted by Crippen LogP contribution is -2.46. The molecule has 2 atom stereocenters. The van der Waals surface area contributed by atoms with E-state index in [0.29, 0.717) is 17.9 Å².